The Kier molecular flexibility index (Phi) is 3.46. The van der Waals surface area contributed by atoms with E-state index in [0.717, 1.165) is 7.05 Å². The second-order valence-electron chi connectivity index (χ2n) is 3.13. The second kappa shape index (κ2) is 4.36. The van der Waals surface area contributed by atoms with Gasteiger partial charge < -0.3 is 5.11 Å². The van der Waals surface area contributed by atoms with E-state index in [1.807, 2.05) is 0 Å². The first kappa shape index (κ1) is 13.5. The maximum absolute atomic E-state index is 12.5. The number of carboxylic acids is 1. The molecule has 94 valence electrons. The number of halogens is 4. The summed E-state index contributed by atoms with van der Waals surface area (Å²) in [6.45, 7) is 0. The van der Waals surface area contributed by atoms with Crippen LogP contribution in [0.3, 0.4) is 0 Å². The highest BCUT2D eigenvalue weighted by Gasteiger charge is 2.41. The number of aryl methyl sites for hydroxylation is 1. The van der Waals surface area contributed by atoms with Crippen molar-refractivity contribution in [2.24, 2.45) is 7.05 Å². The number of aliphatic carboxylic acids is 1. The van der Waals surface area contributed by atoms with Gasteiger partial charge in [-0.15, -0.1) is 0 Å². The van der Waals surface area contributed by atoms with Gasteiger partial charge in [0.1, 0.15) is 11.6 Å². The van der Waals surface area contributed by atoms with Gasteiger partial charge in [-0.05, 0) is 0 Å². The summed E-state index contributed by atoms with van der Waals surface area (Å²) in [5.41, 5.74) is -2.39. The Hall–Kier alpha value is -1.57. The molecule has 0 aromatic carbocycles. The summed E-state index contributed by atoms with van der Waals surface area (Å²) in [4.78, 5) is 21.6. The number of carboxylic acid groups (broad SMARTS) is 1. The van der Waals surface area contributed by atoms with E-state index in [9.17, 15) is 22.8 Å². The van der Waals surface area contributed by atoms with Crippen molar-refractivity contribution in [2.45, 2.75) is 12.6 Å². The van der Waals surface area contributed by atoms with Crippen LogP contribution in [0.2, 0.25) is 5.15 Å². The van der Waals surface area contributed by atoms with Crippen molar-refractivity contribution in [1.29, 1.82) is 0 Å². The molecule has 1 aromatic heterocycles. The molecule has 0 aliphatic heterocycles. The normalized spacial score (nSPS) is 11.6. The molecule has 0 radical (unpaired) electrons. The highest BCUT2D eigenvalue weighted by atomic mass is 35.5. The lowest BCUT2D eigenvalue weighted by molar-refractivity contribution is -0.142. The lowest BCUT2D eigenvalue weighted by atomic mass is 10.1. The van der Waals surface area contributed by atoms with Crippen LogP contribution in [0.25, 0.3) is 0 Å². The van der Waals surface area contributed by atoms with Crippen molar-refractivity contribution < 1.29 is 27.9 Å². The zero-order valence-electron chi connectivity index (χ0n) is 8.38. The summed E-state index contributed by atoms with van der Waals surface area (Å²) in [7, 11) is 1.12. The van der Waals surface area contributed by atoms with Gasteiger partial charge in [0.2, 0.25) is 0 Å². The first-order valence-corrected chi connectivity index (χ1v) is 4.57. The maximum atomic E-state index is 12.5. The van der Waals surface area contributed by atoms with E-state index in [1.54, 1.807) is 0 Å². The summed E-state index contributed by atoms with van der Waals surface area (Å²) >= 11 is 5.48. The molecule has 0 aliphatic rings. The molecule has 1 heterocycles. The first-order valence-electron chi connectivity index (χ1n) is 4.19. The number of Topliss-reactive ketones (excluding diaryl/α,β-unsaturated/α-hetero) is 1. The molecule has 0 bridgehead atoms. The van der Waals surface area contributed by atoms with Crippen molar-refractivity contribution in [3.8, 4) is 0 Å². The Labute approximate surface area is 97.8 Å². The zero-order chi connectivity index (χ0) is 13.4. The summed E-state index contributed by atoms with van der Waals surface area (Å²) in [6, 6.07) is 0. The predicted octanol–water partition coefficient (Wildman–Crippen LogP) is 1.75. The van der Waals surface area contributed by atoms with E-state index in [0.29, 0.717) is 4.68 Å². The van der Waals surface area contributed by atoms with E-state index in [1.165, 1.54) is 0 Å². The molecule has 1 rings (SSSR count). The van der Waals surface area contributed by atoms with E-state index in [4.69, 9.17) is 16.7 Å². The van der Waals surface area contributed by atoms with Gasteiger partial charge in [-0.25, -0.2) is 0 Å². The lowest BCUT2D eigenvalue weighted by Gasteiger charge is -2.04. The third kappa shape index (κ3) is 2.76. The van der Waals surface area contributed by atoms with Crippen LogP contribution in [0.15, 0.2) is 0 Å². The van der Waals surface area contributed by atoms with Gasteiger partial charge in [0.15, 0.2) is 11.5 Å². The molecule has 17 heavy (non-hydrogen) atoms. The van der Waals surface area contributed by atoms with E-state index < -0.39 is 40.8 Å². The molecule has 0 spiro atoms. The number of hydrogen-bond acceptors (Lipinski definition) is 3. The fraction of sp³-hybridized carbons (Fsp3) is 0.375. The molecular weight excluding hydrogens is 265 g/mol. The van der Waals surface area contributed by atoms with Gasteiger partial charge in [0, 0.05) is 7.05 Å². The molecule has 9 heteroatoms. The third-order valence-electron chi connectivity index (χ3n) is 1.84. The van der Waals surface area contributed by atoms with Crippen LogP contribution in [0.5, 0.6) is 0 Å². The molecule has 0 aliphatic carbocycles. The topological polar surface area (TPSA) is 72.2 Å². The minimum atomic E-state index is -4.87. The van der Waals surface area contributed by atoms with Crippen molar-refractivity contribution >= 4 is 23.4 Å². The van der Waals surface area contributed by atoms with Crippen molar-refractivity contribution in [1.82, 2.24) is 9.78 Å². The highest BCUT2D eigenvalue weighted by Crippen LogP contribution is 2.34. The SMILES string of the molecule is Cn1nc(C(F)(F)F)c(C(=O)CC(=O)O)c1Cl. The Bertz CT molecular complexity index is 481. The highest BCUT2D eigenvalue weighted by molar-refractivity contribution is 6.33. The summed E-state index contributed by atoms with van der Waals surface area (Å²) < 4.78 is 38.2. The number of aromatic nitrogens is 2. The Morgan fingerprint density at radius 2 is 2.00 bits per heavy atom. The summed E-state index contributed by atoms with van der Waals surface area (Å²) in [6.07, 6.45) is -5.94. The Morgan fingerprint density at radius 3 is 2.41 bits per heavy atom. The molecule has 0 fully saturated rings. The number of hydrogen-bond donors (Lipinski definition) is 1. The number of rotatable bonds is 3. The van der Waals surface area contributed by atoms with Gasteiger partial charge in [-0.3, -0.25) is 14.3 Å². The van der Waals surface area contributed by atoms with Crippen molar-refractivity contribution in [2.75, 3.05) is 0 Å². The van der Waals surface area contributed by atoms with Crippen LogP contribution in [-0.4, -0.2) is 26.6 Å². The lowest BCUT2D eigenvalue weighted by Crippen LogP contribution is -2.15. The minimum absolute atomic E-state index is 0.538. The fourth-order valence-electron chi connectivity index (χ4n) is 1.17. The smallest absolute Gasteiger partial charge is 0.435 e. The molecule has 5 nitrogen and oxygen atoms in total. The van der Waals surface area contributed by atoms with E-state index in [2.05, 4.69) is 5.10 Å². The Balaban J connectivity index is 3.31. The van der Waals surface area contributed by atoms with E-state index >= 15 is 0 Å². The van der Waals surface area contributed by atoms with Crippen LogP contribution in [0.4, 0.5) is 13.2 Å². The maximum Gasteiger partial charge on any atom is 0.435 e. The fourth-order valence-corrected chi connectivity index (χ4v) is 1.41. The molecule has 0 atom stereocenters. The van der Waals surface area contributed by atoms with Gasteiger partial charge in [0.25, 0.3) is 0 Å². The van der Waals surface area contributed by atoms with Crippen molar-refractivity contribution in [3.63, 3.8) is 0 Å². The van der Waals surface area contributed by atoms with Crippen LogP contribution in [0.1, 0.15) is 22.5 Å². The zero-order valence-corrected chi connectivity index (χ0v) is 9.13. The number of nitrogens with zero attached hydrogens (tertiary/aromatic N) is 2. The van der Waals surface area contributed by atoms with E-state index in [-0.39, 0.29) is 0 Å². The number of carbonyl (C=O) groups excluding carboxylic acids is 1. The van der Waals surface area contributed by atoms with Gasteiger partial charge in [0.05, 0.1) is 5.56 Å². The number of carbonyl (C=O) groups is 2. The summed E-state index contributed by atoms with van der Waals surface area (Å²) in [5, 5.41) is 10.9. The molecule has 0 unspecified atom stereocenters. The molecular formula is C8H6ClF3N2O3. The minimum Gasteiger partial charge on any atom is -0.481 e. The molecule has 0 amide bonds. The quantitative estimate of drug-likeness (QED) is 0.671. The standard InChI is InChI=1S/C8H6ClF3N2O3/c1-14-7(9)5(3(15)2-4(16)17)6(13-14)8(10,11)12/h2H2,1H3,(H,16,17). The number of alkyl halides is 3. The molecule has 0 saturated heterocycles. The Morgan fingerprint density at radius 1 is 1.47 bits per heavy atom. The number of ketones is 1. The van der Waals surface area contributed by atoms with Crippen LogP contribution in [0, 0.1) is 0 Å². The van der Waals surface area contributed by atoms with Crippen molar-refractivity contribution in [3.05, 3.63) is 16.4 Å². The largest absolute Gasteiger partial charge is 0.481 e. The average molecular weight is 271 g/mol. The average Bonchev–Trinajstić information content (AvgIpc) is 2.41. The van der Waals surface area contributed by atoms with Crippen LogP contribution >= 0.6 is 11.6 Å². The molecule has 0 saturated carbocycles. The van der Waals surface area contributed by atoms with Crippen LogP contribution < -0.4 is 0 Å². The van der Waals surface area contributed by atoms with Gasteiger partial charge in [-0.1, -0.05) is 11.6 Å². The second-order valence-corrected chi connectivity index (χ2v) is 3.49. The van der Waals surface area contributed by atoms with Crippen LogP contribution in [-0.2, 0) is 18.0 Å². The van der Waals surface area contributed by atoms with Gasteiger partial charge in [-0.2, -0.15) is 18.3 Å². The van der Waals surface area contributed by atoms with Gasteiger partial charge >= 0.3 is 12.1 Å². The monoisotopic (exact) mass is 270 g/mol. The predicted molar refractivity (Wildman–Crippen MR) is 49.8 cm³/mol. The molecule has 1 aromatic rings. The molecule has 1 N–H and O–H groups in total. The summed E-state index contributed by atoms with van der Waals surface area (Å²) in [5.74, 6) is -2.77. The third-order valence-corrected chi connectivity index (χ3v) is 2.27. The first-order chi connectivity index (χ1) is 7.64.